The molecule has 0 radical (unpaired) electrons. The van der Waals surface area contributed by atoms with E-state index in [0.29, 0.717) is 18.5 Å². The maximum Gasteiger partial charge on any atom is 0.229 e. The lowest BCUT2D eigenvalue weighted by atomic mass is 10.5. The molecule has 62 valence electrons. The van der Waals surface area contributed by atoms with E-state index < -0.39 is 0 Å². The summed E-state index contributed by atoms with van der Waals surface area (Å²) in [6, 6.07) is 0. The van der Waals surface area contributed by atoms with Crippen LogP contribution in [0.1, 0.15) is 0 Å². The number of hydrogen-bond acceptors (Lipinski definition) is 4. The third-order valence-electron chi connectivity index (χ3n) is 1.07. The highest BCUT2D eigenvalue weighted by Crippen LogP contribution is 2.02. The van der Waals surface area contributed by atoms with Gasteiger partial charge >= 0.3 is 0 Å². The van der Waals surface area contributed by atoms with Gasteiger partial charge in [0.15, 0.2) is 0 Å². The topological polar surface area (TPSA) is 84.0 Å². The van der Waals surface area contributed by atoms with Crippen molar-refractivity contribution in [1.82, 2.24) is 9.97 Å². The summed E-state index contributed by atoms with van der Waals surface area (Å²) >= 11 is 0. The third-order valence-corrected chi connectivity index (χ3v) is 1.07. The molecule has 0 aliphatic carbocycles. The molecule has 1 rings (SSSR count). The molecule has 6 nitrogen and oxygen atoms in total. The lowest BCUT2D eigenvalue weighted by molar-refractivity contribution is -0.106. The van der Waals surface area contributed by atoms with Gasteiger partial charge in [-0.25, -0.2) is 9.97 Å². The molecule has 0 aliphatic rings. The van der Waals surface area contributed by atoms with Crippen molar-refractivity contribution in [1.29, 1.82) is 0 Å². The number of carbonyl (C=O) groups excluding carboxylic acids is 2. The molecule has 2 amide bonds. The van der Waals surface area contributed by atoms with Gasteiger partial charge in [-0.3, -0.25) is 14.9 Å². The van der Waals surface area contributed by atoms with Crippen molar-refractivity contribution < 1.29 is 9.59 Å². The first-order valence-electron chi connectivity index (χ1n) is 3.09. The van der Waals surface area contributed by atoms with E-state index >= 15 is 0 Å². The molecule has 1 aromatic rings. The Labute approximate surface area is 68.0 Å². The first-order valence-corrected chi connectivity index (χ1v) is 3.09. The summed E-state index contributed by atoms with van der Waals surface area (Å²) in [6.45, 7) is 0. The van der Waals surface area contributed by atoms with Crippen LogP contribution in [0.2, 0.25) is 0 Å². The molecule has 2 N–H and O–H groups in total. The van der Waals surface area contributed by atoms with Crippen LogP contribution >= 0.6 is 0 Å². The van der Waals surface area contributed by atoms with Gasteiger partial charge in [0.25, 0.3) is 0 Å². The van der Waals surface area contributed by atoms with E-state index in [1.807, 2.05) is 0 Å². The maximum absolute atomic E-state index is 9.95. The van der Waals surface area contributed by atoms with E-state index in [9.17, 15) is 9.59 Å². The zero-order valence-corrected chi connectivity index (χ0v) is 6.02. The van der Waals surface area contributed by atoms with E-state index in [4.69, 9.17) is 0 Å². The number of nitrogens with zero attached hydrogens (tertiary/aromatic N) is 2. The van der Waals surface area contributed by atoms with Crippen molar-refractivity contribution in [2.24, 2.45) is 0 Å². The van der Waals surface area contributed by atoms with E-state index in [-0.39, 0.29) is 5.95 Å². The molecule has 0 aliphatic heterocycles. The minimum Gasteiger partial charge on any atom is -0.326 e. The van der Waals surface area contributed by atoms with Crippen LogP contribution in [0.3, 0.4) is 0 Å². The van der Waals surface area contributed by atoms with Crippen LogP contribution in [0, 0.1) is 0 Å². The van der Waals surface area contributed by atoms with Gasteiger partial charge in [-0.05, 0) is 0 Å². The van der Waals surface area contributed by atoms with Crippen LogP contribution in [0.5, 0.6) is 0 Å². The Hall–Kier alpha value is -1.98. The lowest BCUT2D eigenvalue weighted by Gasteiger charge is -1.97. The Morgan fingerprint density at radius 1 is 1.08 bits per heavy atom. The fraction of sp³-hybridized carbons (Fsp3) is 0. The monoisotopic (exact) mass is 166 g/mol. The molecule has 1 heterocycles. The molecule has 0 saturated carbocycles. The first-order chi connectivity index (χ1) is 5.86. The van der Waals surface area contributed by atoms with Crippen LogP contribution < -0.4 is 10.6 Å². The van der Waals surface area contributed by atoms with Crippen LogP contribution in [-0.2, 0) is 9.59 Å². The second-order valence-electron chi connectivity index (χ2n) is 1.82. The van der Waals surface area contributed by atoms with Gasteiger partial charge in [0.1, 0.15) is 0 Å². The Morgan fingerprint density at radius 3 is 2.17 bits per heavy atom. The summed E-state index contributed by atoms with van der Waals surface area (Å²) < 4.78 is 0. The molecule has 0 spiro atoms. The van der Waals surface area contributed by atoms with Gasteiger partial charge in [-0.2, -0.15) is 0 Å². The molecular weight excluding hydrogens is 160 g/mol. The molecule has 0 aromatic carbocycles. The van der Waals surface area contributed by atoms with Gasteiger partial charge in [-0.1, -0.05) is 0 Å². The molecule has 0 atom stereocenters. The number of hydrogen-bond donors (Lipinski definition) is 2. The average Bonchev–Trinajstić information content (AvgIpc) is 2.09. The van der Waals surface area contributed by atoms with Gasteiger partial charge < -0.3 is 5.32 Å². The average molecular weight is 166 g/mol. The highest BCUT2D eigenvalue weighted by molar-refractivity contribution is 5.71. The molecule has 0 bridgehead atoms. The Morgan fingerprint density at radius 2 is 1.67 bits per heavy atom. The van der Waals surface area contributed by atoms with Crippen molar-refractivity contribution in [3.63, 3.8) is 0 Å². The van der Waals surface area contributed by atoms with Crippen LogP contribution in [-0.4, -0.2) is 22.8 Å². The zero-order valence-electron chi connectivity index (χ0n) is 6.02. The van der Waals surface area contributed by atoms with Crippen molar-refractivity contribution in [2.45, 2.75) is 0 Å². The summed E-state index contributed by atoms with van der Waals surface area (Å²) in [6.07, 6.45) is 3.76. The SMILES string of the molecule is O=CNc1cnc(NC=O)nc1. The fourth-order valence-corrected chi connectivity index (χ4v) is 0.598. The number of carbonyl (C=O) groups is 2. The number of anilines is 2. The third kappa shape index (κ3) is 2.01. The molecule has 12 heavy (non-hydrogen) atoms. The predicted octanol–water partition coefficient (Wildman–Crippen LogP) is -0.387. The van der Waals surface area contributed by atoms with Gasteiger partial charge in [0.05, 0.1) is 18.1 Å². The largest absolute Gasteiger partial charge is 0.326 e. The van der Waals surface area contributed by atoms with Crippen LogP contribution in [0.15, 0.2) is 12.4 Å². The van der Waals surface area contributed by atoms with Crippen molar-refractivity contribution in [3.05, 3.63) is 12.4 Å². The Balaban J connectivity index is 2.70. The number of aromatic nitrogens is 2. The van der Waals surface area contributed by atoms with Crippen molar-refractivity contribution >= 4 is 24.5 Å². The van der Waals surface area contributed by atoms with Crippen molar-refractivity contribution in [3.8, 4) is 0 Å². The maximum atomic E-state index is 9.95. The first kappa shape index (κ1) is 8.12. The molecule has 0 unspecified atom stereocenters. The van der Waals surface area contributed by atoms with Crippen LogP contribution in [0.4, 0.5) is 11.6 Å². The predicted molar refractivity (Wildman–Crippen MR) is 41.4 cm³/mol. The molecule has 0 saturated heterocycles. The normalized spacial score (nSPS) is 8.67. The van der Waals surface area contributed by atoms with Gasteiger partial charge in [-0.15, -0.1) is 0 Å². The fourth-order valence-electron chi connectivity index (χ4n) is 0.598. The Bertz CT molecular complexity index is 242. The summed E-state index contributed by atoms with van der Waals surface area (Å²) in [5, 5.41) is 4.61. The number of amides is 2. The number of nitrogens with one attached hydrogen (secondary N) is 2. The van der Waals surface area contributed by atoms with Gasteiger partial charge in [0.2, 0.25) is 18.8 Å². The summed E-state index contributed by atoms with van der Waals surface area (Å²) in [4.78, 5) is 27.3. The smallest absolute Gasteiger partial charge is 0.229 e. The molecular formula is C6H6N4O2. The summed E-state index contributed by atoms with van der Waals surface area (Å²) in [5.74, 6) is 0.196. The van der Waals surface area contributed by atoms with E-state index in [2.05, 4.69) is 20.6 Å². The Kier molecular flexibility index (Phi) is 2.72. The molecule has 0 fully saturated rings. The van der Waals surface area contributed by atoms with E-state index in [1.54, 1.807) is 0 Å². The lowest BCUT2D eigenvalue weighted by Crippen LogP contribution is -2.01. The summed E-state index contributed by atoms with van der Waals surface area (Å²) in [7, 11) is 0. The standard InChI is InChI=1S/C6H6N4O2/c11-3-9-5-1-7-6(8-2-5)10-4-12/h1-4H,(H,9,11)(H,7,8,10,12). The second-order valence-corrected chi connectivity index (χ2v) is 1.82. The minimum absolute atomic E-state index is 0.196. The number of rotatable bonds is 4. The summed E-state index contributed by atoms with van der Waals surface area (Å²) in [5.41, 5.74) is 0.474. The molecule has 1 aromatic heterocycles. The quantitative estimate of drug-likeness (QED) is 0.597. The molecule has 6 heteroatoms. The van der Waals surface area contributed by atoms with Gasteiger partial charge in [0, 0.05) is 0 Å². The second kappa shape index (κ2) is 4.02. The highest BCUT2D eigenvalue weighted by atomic mass is 16.1. The zero-order chi connectivity index (χ0) is 8.81. The minimum atomic E-state index is 0.196. The van der Waals surface area contributed by atoms with E-state index in [0.717, 1.165) is 0 Å². The van der Waals surface area contributed by atoms with Crippen LogP contribution in [0.25, 0.3) is 0 Å². The highest BCUT2D eigenvalue weighted by Gasteiger charge is 1.93. The van der Waals surface area contributed by atoms with Crippen molar-refractivity contribution in [2.75, 3.05) is 10.6 Å². The van der Waals surface area contributed by atoms with E-state index in [1.165, 1.54) is 12.4 Å².